The van der Waals surface area contributed by atoms with Crippen LogP contribution in [0.1, 0.15) is 29.9 Å². The van der Waals surface area contributed by atoms with E-state index in [1.165, 1.54) is 13.2 Å². The van der Waals surface area contributed by atoms with E-state index in [0.29, 0.717) is 22.9 Å². The number of ether oxygens (including phenoxy) is 2. The van der Waals surface area contributed by atoms with Crippen LogP contribution in [-0.4, -0.2) is 39.5 Å². The average molecular weight is 356 g/mol. The normalized spacial score (nSPS) is 11.0. The molecule has 1 aromatic carbocycles. The highest BCUT2D eigenvalue weighted by molar-refractivity contribution is 6.00. The number of carboxylic acids is 1. The number of rotatable bonds is 6. The average Bonchev–Trinajstić information content (AvgIpc) is 2.97. The molecule has 0 amide bonds. The molecule has 0 radical (unpaired) electrons. The minimum atomic E-state index is -1.08. The van der Waals surface area contributed by atoms with Gasteiger partial charge in [0.25, 0.3) is 0 Å². The topological polar surface area (TPSA) is 109 Å². The van der Waals surface area contributed by atoms with Crippen molar-refractivity contribution < 1.29 is 19.4 Å². The van der Waals surface area contributed by atoms with Crippen molar-refractivity contribution in [2.24, 2.45) is 0 Å². The van der Waals surface area contributed by atoms with Gasteiger partial charge in [-0.1, -0.05) is 0 Å². The minimum Gasteiger partial charge on any atom is -0.496 e. The van der Waals surface area contributed by atoms with Crippen LogP contribution in [0.2, 0.25) is 0 Å². The van der Waals surface area contributed by atoms with Gasteiger partial charge in [-0.05, 0) is 44.4 Å². The Morgan fingerprint density at radius 3 is 2.58 bits per heavy atom. The Kier molecular flexibility index (Phi) is 4.66. The number of methoxy groups -OCH3 is 1. The number of carbonyl (C=O) groups is 1. The minimum absolute atomic E-state index is 0.0547. The molecule has 8 heteroatoms. The van der Waals surface area contributed by atoms with E-state index in [0.717, 1.165) is 11.1 Å². The van der Waals surface area contributed by atoms with Crippen LogP contribution in [0.4, 0.5) is 11.6 Å². The van der Waals surface area contributed by atoms with Crippen LogP contribution in [0.15, 0.2) is 24.3 Å². The van der Waals surface area contributed by atoms with E-state index < -0.39 is 5.97 Å². The Hall–Kier alpha value is -3.29. The summed E-state index contributed by atoms with van der Waals surface area (Å²) in [5, 5.41) is 20.9. The van der Waals surface area contributed by atoms with Gasteiger partial charge in [0, 0.05) is 17.1 Å². The van der Waals surface area contributed by atoms with E-state index in [1.807, 2.05) is 26.8 Å². The van der Waals surface area contributed by atoms with E-state index in [9.17, 15) is 9.90 Å². The summed E-state index contributed by atoms with van der Waals surface area (Å²) in [7, 11) is 1.44. The third-order valence-electron chi connectivity index (χ3n) is 3.66. The van der Waals surface area contributed by atoms with Crippen LogP contribution >= 0.6 is 0 Å². The number of nitrogens with zero attached hydrogens (tertiary/aromatic N) is 2. The summed E-state index contributed by atoms with van der Waals surface area (Å²) in [5.74, 6) is 0.697. The molecule has 3 aromatic rings. The van der Waals surface area contributed by atoms with Crippen LogP contribution in [0.3, 0.4) is 0 Å². The maximum absolute atomic E-state index is 11.5. The fourth-order valence-electron chi connectivity index (χ4n) is 2.58. The predicted octanol–water partition coefficient (Wildman–Crippen LogP) is 3.50. The highest BCUT2D eigenvalue weighted by Gasteiger charge is 2.17. The number of benzene rings is 1. The van der Waals surface area contributed by atoms with Gasteiger partial charge in [0.2, 0.25) is 5.88 Å². The molecule has 0 atom stereocenters. The summed E-state index contributed by atoms with van der Waals surface area (Å²) >= 11 is 0. The largest absolute Gasteiger partial charge is 0.496 e. The Bertz CT molecular complexity index is 965. The molecular formula is C18H20N4O4. The van der Waals surface area contributed by atoms with Crippen LogP contribution in [-0.2, 0) is 0 Å². The van der Waals surface area contributed by atoms with E-state index in [-0.39, 0.29) is 17.4 Å². The zero-order valence-electron chi connectivity index (χ0n) is 15.0. The molecule has 8 nitrogen and oxygen atoms in total. The number of aromatic carboxylic acids is 1. The summed E-state index contributed by atoms with van der Waals surface area (Å²) < 4.78 is 11.0. The molecule has 0 spiro atoms. The molecule has 26 heavy (non-hydrogen) atoms. The molecule has 0 aliphatic heterocycles. The standard InChI is InChI=1S/C18H20N4O4/c1-9(2)26-17-12-8-13(18(23)24)14(25-4)6-11(12)7-15(20-17)19-16-5-10(3)21-22-16/h5-9H,1-4H3,(H,23,24)(H2,19,20,21,22). The highest BCUT2D eigenvalue weighted by Crippen LogP contribution is 2.33. The molecule has 2 heterocycles. The SMILES string of the molecule is COc1cc2cc(Nc3cc(C)[nH]n3)nc(OC(C)C)c2cc1C(=O)O. The molecule has 2 aromatic heterocycles. The molecule has 0 unspecified atom stereocenters. The molecule has 0 bridgehead atoms. The van der Waals surface area contributed by atoms with Gasteiger partial charge in [0.1, 0.15) is 17.1 Å². The van der Waals surface area contributed by atoms with E-state index in [2.05, 4.69) is 20.5 Å². The second kappa shape index (κ2) is 6.91. The molecule has 0 aliphatic rings. The number of pyridine rings is 1. The fraction of sp³-hybridized carbons (Fsp3) is 0.278. The number of carboxylic acid groups (broad SMARTS) is 1. The van der Waals surface area contributed by atoms with Crippen molar-refractivity contribution in [3.05, 3.63) is 35.5 Å². The molecular weight excluding hydrogens is 336 g/mol. The number of aromatic nitrogens is 3. The van der Waals surface area contributed by atoms with Gasteiger partial charge in [-0.15, -0.1) is 0 Å². The van der Waals surface area contributed by atoms with Crippen molar-refractivity contribution in [1.29, 1.82) is 0 Å². The van der Waals surface area contributed by atoms with Crippen molar-refractivity contribution in [3.63, 3.8) is 0 Å². The second-order valence-corrected chi connectivity index (χ2v) is 6.12. The van der Waals surface area contributed by atoms with E-state index in [1.54, 1.807) is 12.1 Å². The lowest BCUT2D eigenvalue weighted by Gasteiger charge is -2.15. The van der Waals surface area contributed by atoms with Crippen molar-refractivity contribution in [3.8, 4) is 11.6 Å². The van der Waals surface area contributed by atoms with Crippen molar-refractivity contribution in [2.45, 2.75) is 26.9 Å². The lowest BCUT2D eigenvalue weighted by molar-refractivity contribution is 0.0693. The number of anilines is 2. The highest BCUT2D eigenvalue weighted by atomic mass is 16.5. The molecule has 0 saturated heterocycles. The summed E-state index contributed by atoms with van der Waals surface area (Å²) in [5.41, 5.74) is 0.971. The third kappa shape index (κ3) is 3.53. The molecule has 3 N–H and O–H groups in total. The van der Waals surface area contributed by atoms with Crippen molar-refractivity contribution in [2.75, 3.05) is 12.4 Å². The molecule has 0 aliphatic carbocycles. The van der Waals surface area contributed by atoms with Crippen LogP contribution < -0.4 is 14.8 Å². The first-order valence-electron chi connectivity index (χ1n) is 8.09. The maximum atomic E-state index is 11.5. The van der Waals surface area contributed by atoms with Crippen LogP contribution in [0.5, 0.6) is 11.6 Å². The van der Waals surface area contributed by atoms with Crippen LogP contribution in [0, 0.1) is 6.92 Å². The summed E-state index contributed by atoms with van der Waals surface area (Å²) in [6.07, 6.45) is -0.121. The van der Waals surface area contributed by atoms with Gasteiger partial charge in [-0.3, -0.25) is 5.10 Å². The van der Waals surface area contributed by atoms with Crippen molar-refractivity contribution in [1.82, 2.24) is 15.2 Å². The number of nitrogens with one attached hydrogen (secondary N) is 2. The summed E-state index contributed by atoms with van der Waals surface area (Å²) in [6.45, 7) is 5.66. The monoisotopic (exact) mass is 356 g/mol. The molecule has 0 saturated carbocycles. The van der Waals surface area contributed by atoms with Crippen LogP contribution in [0.25, 0.3) is 10.8 Å². The van der Waals surface area contributed by atoms with Gasteiger partial charge >= 0.3 is 5.97 Å². The number of aromatic amines is 1. The predicted molar refractivity (Wildman–Crippen MR) is 97.6 cm³/mol. The Morgan fingerprint density at radius 1 is 1.23 bits per heavy atom. The lowest BCUT2D eigenvalue weighted by atomic mass is 10.1. The second-order valence-electron chi connectivity index (χ2n) is 6.12. The number of aryl methyl sites for hydroxylation is 1. The van der Waals surface area contributed by atoms with Gasteiger partial charge < -0.3 is 19.9 Å². The van der Waals surface area contributed by atoms with Gasteiger partial charge in [0.15, 0.2) is 5.82 Å². The number of fused-ring (bicyclic) bond motifs is 1. The molecule has 3 rings (SSSR count). The van der Waals surface area contributed by atoms with Gasteiger partial charge in [-0.25, -0.2) is 4.79 Å². The van der Waals surface area contributed by atoms with Gasteiger partial charge in [-0.2, -0.15) is 10.1 Å². The maximum Gasteiger partial charge on any atom is 0.339 e. The smallest absolute Gasteiger partial charge is 0.339 e. The number of H-pyrrole nitrogens is 1. The molecule has 136 valence electrons. The van der Waals surface area contributed by atoms with Crippen molar-refractivity contribution >= 4 is 28.4 Å². The summed E-state index contributed by atoms with van der Waals surface area (Å²) in [4.78, 5) is 16.0. The number of hydrogen-bond donors (Lipinski definition) is 3. The first kappa shape index (κ1) is 17.5. The number of hydrogen-bond acceptors (Lipinski definition) is 6. The third-order valence-corrected chi connectivity index (χ3v) is 3.66. The quantitative estimate of drug-likeness (QED) is 0.620. The zero-order valence-corrected chi connectivity index (χ0v) is 15.0. The van der Waals surface area contributed by atoms with Gasteiger partial charge in [0.05, 0.1) is 13.2 Å². The lowest BCUT2D eigenvalue weighted by Crippen LogP contribution is -2.09. The first-order valence-corrected chi connectivity index (χ1v) is 8.09. The molecule has 0 fully saturated rings. The Labute approximate surface area is 150 Å². The fourth-order valence-corrected chi connectivity index (χ4v) is 2.58. The van der Waals surface area contributed by atoms with E-state index >= 15 is 0 Å². The Balaban J connectivity index is 2.15. The first-order chi connectivity index (χ1) is 12.4. The Morgan fingerprint density at radius 2 is 2.00 bits per heavy atom. The summed E-state index contributed by atoms with van der Waals surface area (Å²) in [6, 6.07) is 6.82. The zero-order chi connectivity index (χ0) is 18.8. The van der Waals surface area contributed by atoms with E-state index in [4.69, 9.17) is 9.47 Å².